The Kier molecular flexibility index (Phi) is 4.30. The molecule has 2 heterocycles. The maximum absolute atomic E-state index is 11.6. The van der Waals surface area contributed by atoms with Crippen LogP contribution in [0, 0.1) is 12.3 Å². The van der Waals surface area contributed by atoms with Gasteiger partial charge in [0.25, 0.3) is 0 Å². The standard InChI is InChI=1S/C14H19N5O2/c1-4-14(5-2,13(20)21)9-19-12(16-17-18-19)11-6-7-15-10(3)8-11/h6-8H,4-5,9H2,1-3H3,(H,20,21). The third-order valence-corrected chi connectivity index (χ3v) is 3.95. The summed E-state index contributed by atoms with van der Waals surface area (Å²) in [5.74, 6) is -0.257. The number of nitrogens with zero attached hydrogens (tertiary/aromatic N) is 5. The molecule has 0 saturated heterocycles. The fourth-order valence-corrected chi connectivity index (χ4v) is 2.33. The van der Waals surface area contributed by atoms with Crippen molar-refractivity contribution in [2.45, 2.75) is 40.2 Å². The molecular weight excluding hydrogens is 270 g/mol. The second-order valence-corrected chi connectivity index (χ2v) is 5.14. The Morgan fingerprint density at radius 3 is 2.67 bits per heavy atom. The minimum absolute atomic E-state index is 0.249. The number of hydrogen-bond donors (Lipinski definition) is 1. The summed E-state index contributed by atoms with van der Waals surface area (Å²) >= 11 is 0. The Morgan fingerprint density at radius 1 is 1.38 bits per heavy atom. The molecule has 0 bridgehead atoms. The van der Waals surface area contributed by atoms with Crippen LogP contribution in [0.2, 0.25) is 0 Å². The molecule has 2 aromatic heterocycles. The number of rotatable bonds is 6. The van der Waals surface area contributed by atoms with Gasteiger partial charge in [-0.1, -0.05) is 13.8 Å². The van der Waals surface area contributed by atoms with Gasteiger partial charge >= 0.3 is 5.97 Å². The Bertz CT molecular complexity index is 634. The van der Waals surface area contributed by atoms with E-state index in [1.807, 2.05) is 32.9 Å². The van der Waals surface area contributed by atoms with Crippen LogP contribution in [-0.4, -0.2) is 36.3 Å². The Labute approximate surface area is 123 Å². The number of hydrogen-bond acceptors (Lipinski definition) is 5. The van der Waals surface area contributed by atoms with Gasteiger partial charge in [0, 0.05) is 17.5 Å². The zero-order valence-corrected chi connectivity index (χ0v) is 12.4. The molecule has 0 radical (unpaired) electrons. The van der Waals surface area contributed by atoms with Gasteiger partial charge < -0.3 is 5.11 Å². The van der Waals surface area contributed by atoms with E-state index in [1.54, 1.807) is 10.9 Å². The second kappa shape index (κ2) is 5.99. The van der Waals surface area contributed by atoms with Crippen molar-refractivity contribution >= 4 is 5.97 Å². The van der Waals surface area contributed by atoms with Gasteiger partial charge in [-0.2, -0.15) is 0 Å². The lowest BCUT2D eigenvalue weighted by Gasteiger charge is -2.26. The molecule has 0 aliphatic carbocycles. The summed E-state index contributed by atoms with van der Waals surface area (Å²) in [6.45, 7) is 5.88. The molecule has 7 heteroatoms. The van der Waals surface area contributed by atoms with Crippen molar-refractivity contribution < 1.29 is 9.90 Å². The lowest BCUT2D eigenvalue weighted by atomic mass is 9.82. The summed E-state index contributed by atoms with van der Waals surface area (Å²) in [6.07, 6.45) is 2.73. The van der Waals surface area contributed by atoms with Crippen LogP contribution in [0.1, 0.15) is 32.4 Å². The van der Waals surface area contributed by atoms with E-state index < -0.39 is 11.4 Å². The number of aliphatic carboxylic acids is 1. The molecule has 0 aromatic carbocycles. The van der Waals surface area contributed by atoms with Crippen LogP contribution in [-0.2, 0) is 11.3 Å². The van der Waals surface area contributed by atoms with Crippen LogP contribution in [0.5, 0.6) is 0 Å². The molecule has 1 N–H and O–H groups in total. The monoisotopic (exact) mass is 289 g/mol. The predicted molar refractivity (Wildman–Crippen MR) is 76.4 cm³/mol. The van der Waals surface area contributed by atoms with Crippen molar-refractivity contribution in [1.82, 2.24) is 25.2 Å². The maximum atomic E-state index is 11.6. The van der Waals surface area contributed by atoms with E-state index in [-0.39, 0.29) is 6.54 Å². The molecule has 0 aliphatic heterocycles. The smallest absolute Gasteiger partial charge is 0.311 e. The first-order valence-corrected chi connectivity index (χ1v) is 6.95. The highest BCUT2D eigenvalue weighted by Crippen LogP contribution is 2.30. The summed E-state index contributed by atoms with van der Waals surface area (Å²) in [5.41, 5.74) is 0.836. The molecule has 7 nitrogen and oxygen atoms in total. The molecule has 0 aliphatic rings. The summed E-state index contributed by atoms with van der Waals surface area (Å²) in [5, 5.41) is 21.2. The first-order chi connectivity index (χ1) is 10.0. The fraction of sp³-hybridized carbons (Fsp3) is 0.500. The Balaban J connectivity index is 2.39. The van der Waals surface area contributed by atoms with E-state index in [1.165, 1.54) is 0 Å². The summed E-state index contributed by atoms with van der Waals surface area (Å²) < 4.78 is 1.57. The minimum Gasteiger partial charge on any atom is -0.481 e. The molecule has 21 heavy (non-hydrogen) atoms. The zero-order valence-electron chi connectivity index (χ0n) is 12.4. The molecule has 0 saturated carbocycles. The van der Waals surface area contributed by atoms with E-state index >= 15 is 0 Å². The van der Waals surface area contributed by atoms with Gasteiger partial charge in [-0.3, -0.25) is 9.78 Å². The Hall–Kier alpha value is -2.31. The van der Waals surface area contributed by atoms with Crippen LogP contribution >= 0.6 is 0 Å². The van der Waals surface area contributed by atoms with Gasteiger partial charge in [-0.05, 0) is 42.3 Å². The number of aromatic nitrogens is 5. The average Bonchev–Trinajstić information content (AvgIpc) is 2.92. The summed E-state index contributed by atoms with van der Waals surface area (Å²) in [4.78, 5) is 15.8. The molecule has 0 fully saturated rings. The minimum atomic E-state index is -0.855. The topological polar surface area (TPSA) is 93.8 Å². The maximum Gasteiger partial charge on any atom is 0.311 e. The number of pyridine rings is 1. The molecule has 112 valence electrons. The largest absolute Gasteiger partial charge is 0.481 e. The van der Waals surface area contributed by atoms with Gasteiger partial charge in [0.15, 0.2) is 5.82 Å². The number of carboxylic acids is 1. The van der Waals surface area contributed by atoms with E-state index in [0.29, 0.717) is 18.7 Å². The van der Waals surface area contributed by atoms with Gasteiger partial charge in [-0.15, -0.1) is 5.10 Å². The van der Waals surface area contributed by atoms with Crippen LogP contribution in [0.3, 0.4) is 0 Å². The molecular formula is C14H19N5O2. The number of carboxylic acid groups (broad SMARTS) is 1. The van der Waals surface area contributed by atoms with Crippen molar-refractivity contribution in [1.29, 1.82) is 0 Å². The van der Waals surface area contributed by atoms with E-state index in [9.17, 15) is 9.90 Å². The Morgan fingerprint density at radius 2 is 2.10 bits per heavy atom. The zero-order chi connectivity index (χ0) is 15.5. The molecule has 0 atom stereocenters. The third-order valence-electron chi connectivity index (χ3n) is 3.95. The first kappa shape index (κ1) is 15.1. The quantitative estimate of drug-likeness (QED) is 0.873. The molecule has 2 rings (SSSR count). The lowest BCUT2D eigenvalue weighted by molar-refractivity contribution is -0.150. The van der Waals surface area contributed by atoms with Gasteiger partial charge in [0.05, 0.1) is 12.0 Å². The van der Waals surface area contributed by atoms with Crippen LogP contribution in [0.15, 0.2) is 18.3 Å². The van der Waals surface area contributed by atoms with Crippen LogP contribution in [0.25, 0.3) is 11.4 Å². The summed E-state index contributed by atoms with van der Waals surface area (Å²) in [6, 6.07) is 3.69. The lowest BCUT2D eigenvalue weighted by Crippen LogP contribution is -2.35. The predicted octanol–water partition coefficient (Wildman–Crippen LogP) is 1.93. The van der Waals surface area contributed by atoms with Crippen LogP contribution < -0.4 is 0 Å². The SMILES string of the molecule is CCC(CC)(Cn1nnnc1-c1ccnc(C)c1)C(=O)O. The first-order valence-electron chi connectivity index (χ1n) is 6.95. The highest BCUT2D eigenvalue weighted by Gasteiger charge is 2.36. The number of tetrazole rings is 1. The molecule has 0 unspecified atom stereocenters. The third kappa shape index (κ3) is 2.91. The highest BCUT2D eigenvalue weighted by molar-refractivity contribution is 5.74. The van der Waals surface area contributed by atoms with Gasteiger partial charge in [0.1, 0.15) is 0 Å². The number of aryl methyl sites for hydroxylation is 1. The normalized spacial score (nSPS) is 11.6. The summed E-state index contributed by atoms with van der Waals surface area (Å²) in [7, 11) is 0. The van der Waals surface area contributed by atoms with Crippen molar-refractivity contribution in [2.75, 3.05) is 0 Å². The van der Waals surface area contributed by atoms with E-state index in [2.05, 4.69) is 20.5 Å². The van der Waals surface area contributed by atoms with E-state index in [4.69, 9.17) is 0 Å². The van der Waals surface area contributed by atoms with Crippen LogP contribution in [0.4, 0.5) is 0 Å². The van der Waals surface area contributed by atoms with E-state index in [0.717, 1.165) is 11.3 Å². The fourth-order valence-electron chi connectivity index (χ4n) is 2.33. The second-order valence-electron chi connectivity index (χ2n) is 5.14. The molecule has 2 aromatic rings. The molecule has 0 spiro atoms. The molecule has 0 amide bonds. The van der Waals surface area contributed by atoms with Crippen molar-refractivity contribution in [2.24, 2.45) is 5.41 Å². The highest BCUT2D eigenvalue weighted by atomic mass is 16.4. The van der Waals surface area contributed by atoms with Crippen molar-refractivity contribution in [3.63, 3.8) is 0 Å². The van der Waals surface area contributed by atoms with Crippen molar-refractivity contribution in [3.05, 3.63) is 24.0 Å². The van der Waals surface area contributed by atoms with Crippen molar-refractivity contribution in [3.8, 4) is 11.4 Å². The average molecular weight is 289 g/mol. The van der Waals surface area contributed by atoms with Gasteiger partial charge in [-0.25, -0.2) is 4.68 Å². The number of carbonyl (C=O) groups is 1. The van der Waals surface area contributed by atoms with Gasteiger partial charge in [0.2, 0.25) is 0 Å².